The molecule has 0 aromatic carbocycles. The lowest BCUT2D eigenvalue weighted by Gasteiger charge is -2.46. The number of hydrogen-bond acceptors (Lipinski definition) is 15. The van der Waals surface area contributed by atoms with Gasteiger partial charge in [0.15, 0.2) is 0 Å². The van der Waals surface area contributed by atoms with E-state index in [0.717, 1.165) is 21.8 Å². The fourth-order valence-electron chi connectivity index (χ4n) is 5.74. The highest BCUT2D eigenvalue weighted by atomic mass is 35.5. The third-order valence-corrected chi connectivity index (χ3v) is 10.3. The first-order valence-corrected chi connectivity index (χ1v) is 16.8. The van der Waals surface area contributed by atoms with Crippen LogP contribution in [0.25, 0.3) is 22.8 Å². The summed E-state index contributed by atoms with van der Waals surface area (Å²) in [6.07, 6.45) is -15.6. The Morgan fingerprint density at radius 1 is 0.660 bits per heavy atom. The van der Waals surface area contributed by atoms with Crippen LogP contribution in [-0.2, 0) is 21.8 Å². The second-order valence-electron chi connectivity index (χ2n) is 11.8. The zero-order valence-electron chi connectivity index (χ0n) is 26.2. The second-order valence-corrected chi connectivity index (χ2v) is 13.8. The third-order valence-electron chi connectivity index (χ3n) is 8.42. The molecule has 0 aliphatic carbocycles. The van der Waals surface area contributed by atoms with Crippen molar-refractivity contribution in [3.05, 3.63) is 58.1 Å². The van der Waals surface area contributed by atoms with Crippen molar-refractivity contribution in [3.63, 3.8) is 0 Å². The van der Waals surface area contributed by atoms with Crippen LogP contribution < -0.4 is 0 Å². The first kappa shape index (κ1) is 39.5. The molecule has 25 heteroatoms. The molecule has 5 unspecified atom stereocenters. The van der Waals surface area contributed by atoms with Crippen LogP contribution in [-0.4, -0.2) is 131 Å². The average molecular weight is 820 g/mol. The highest BCUT2D eigenvalue weighted by Gasteiger charge is 2.52. The summed E-state index contributed by atoms with van der Waals surface area (Å²) in [7, 11) is 0. The molecular formula is C28H26Cl2F6N8O8S. The molecule has 4 aromatic heterocycles. The van der Waals surface area contributed by atoms with Gasteiger partial charge in [-0.05, 0) is 12.1 Å². The Hall–Kier alpha value is -3.23. The third kappa shape index (κ3) is 7.82. The highest BCUT2D eigenvalue weighted by Crippen LogP contribution is 2.43. The summed E-state index contributed by atoms with van der Waals surface area (Å²) in [6, 6.07) is -1.59. The van der Waals surface area contributed by atoms with E-state index in [1.165, 1.54) is 0 Å². The molecule has 16 nitrogen and oxygen atoms in total. The van der Waals surface area contributed by atoms with Crippen molar-refractivity contribution >= 4 is 35.0 Å². The molecule has 288 valence electrons. The van der Waals surface area contributed by atoms with Crippen molar-refractivity contribution in [1.82, 2.24) is 40.0 Å². The van der Waals surface area contributed by atoms with E-state index in [-0.39, 0.29) is 22.8 Å². The number of rotatable bonds is 8. The van der Waals surface area contributed by atoms with Crippen LogP contribution >= 0.6 is 35.0 Å². The van der Waals surface area contributed by atoms with E-state index in [4.69, 9.17) is 32.7 Å². The van der Waals surface area contributed by atoms with Gasteiger partial charge in [-0.3, -0.25) is 9.97 Å². The van der Waals surface area contributed by atoms with Crippen LogP contribution in [0.5, 0.6) is 0 Å². The molecule has 6 rings (SSSR count). The number of pyridine rings is 2. The van der Waals surface area contributed by atoms with Gasteiger partial charge in [-0.15, -0.1) is 10.2 Å². The van der Waals surface area contributed by atoms with Crippen LogP contribution in [0, 0.1) is 0 Å². The monoisotopic (exact) mass is 818 g/mol. The van der Waals surface area contributed by atoms with E-state index in [1.807, 2.05) is 0 Å². The largest absolute Gasteiger partial charge is 0.417 e. The summed E-state index contributed by atoms with van der Waals surface area (Å²) in [5.74, 6) is 0. The maximum Gasteiger partial charge on any atom is 0.417 e. The molecule has 0 spiro atoms. The Morgan fingerprint density at radius 2 is 1.04 bits per heavy atom. The summed E-state index contributed by atoms with van der Waals surface area (Å²) in [5, 5.41) is 79.5. The van der Waals surface area contributed by atoms with Gasteiger partial charge in [0.25, 0.3) is 0 Å². The first-order chi connectivity index (χ1) is 24.9. The molecule has 0 radical (unpaired) electrons. The summed E-state index contributed by atoms with van der Waals surface area (Å²) >= 11 is 12.7. The lowest BCUT2D eigenvalue weighted by atomic mass is 9.97. The molecule has 2 aliphatic rings. The molecule has 6 N–H and O–H groups in total. The molecule has 53 heavy (non-hydrogen) atoms. The predicted molar refractivity (Wildman–Crippen MR) is 168 cm³/mol. The minimum Gasteiger partial charge on any atom is -0.394 e. The van der Waals surface area contributed by atoms with Crippen LogP contribution in [0.3, 0.4) is 0 Å². The number of nitrogens with zero attached hydrogens (tertiary/aromatic N) is 8. The number of halogens is 8. The van der Waals surface area contributed by atoms with Crippen molar-refractivity contribution < 1.29 is 66.5 Å². The standard InChI is InChI=1S/C28H26Cl2F6N8O8S/c29-11-1-9(27(31,32)33)3-37-17(11)13-5-43(41-39-13)19-21(47)15(7-45)51-25(23(19)49)53-26-24(50)20(22(48)16(8-46)52-26)44-6-14(40-42-44)18-12(30)2-10(4-38-18)28(34,35)36/h1-6,15-16,19-26,45-50H,7-8H2/t15-,16?,19?,20?,21?,22+,23-,24+,25?,26+/m1/s1. The Labute approximate surface area is 306 Å². The zero-order valence-corrected chi connectivity index (χ0v) is 28.5. The Kier molecular flexibility index (Phi) is 11.3. The smallest absolute Gasteiger partial charge is 0.394 e. The number of hydrogen-bond donors (Lipinski definition) is 6. The minimum atomic E-state index is -4.72. The van der Waals surface area contributed by atoms with E-state index in [1.54, 1.807) is 0 Å². The first-order valence-electron chi connectivity index (χ1n) is 15.1. The maximum absolute atomic E-state index is 13.1. The molecule has 2 aliphatic heterocycles. The fourth-order valence-corrected chi connectivity index (χ4v) is 7.59. The van der Waals surface area contributed by atoms with Crippen molar-refractivity contribution in [2.24, 2.45) is 0 Å². The van der Waals surface area contributed by atoms with Crippen LogP contribution in [0.1, 0.15) is 23.2 Å². The summed E-state index contributed by atoms with van der Waals surface area (Å²) < 4.78 is 92.0. The van der Waals surface area contributed by atoms with Crippen molar-refractivity contribution in [2.45, 2.75) is 71.9 Å². The SMILES string of the molecule is OCC1O[C@@H](SC2O[C@H](CO)C(O)C(n3cc(-c4ncc(C(F)(F)F)cc4Cl)nn3)[C@H]2O)[C@@H](O)C(n2cc(-c3ncc(C(F)(F)F)cc3Cl)nn2)[C@H]1O. The maximum atomic E-state index is 13.1. The summed E-state index contributed by atoms with van der Waals surface area (Å²) in [4.78, 5) is 7.44. The van der Waals surface area contributed by atoms with Gasteiger partial charge in [-0.1, -0.05) is 45.4 Å². The van der Waals surface area contributed by atoms with E-state index in [9.17, 15) is 57.0 Å². The number of alkyl halides is 6. The quantitative estimate of drug-likeness (QED) is 0.139. The minimum absolute atomic E-state index is 0.131. The normalized spacial score (nSPS) is 29.8. The summed E-state index contributed by atoms with van der Waals surface area (Å²) in [6.45, 7) is -1.57. The molecular weight excluding hydrogens is 793 g/mol. The van der Waals surface area contributed by atoms with Gasteiger partial charge >= 0.3 is 12.4 Å². The number of aromatic nitrogens is 8. The lowest BCUT2D eigenvalue weighted by molar-refractivity contribution is -0.189. The van der Waals surface area contributed by atoms with Gasteiger partial charge < -0.3 is 40.1 Å². The number of aliphatic hydroxyl groups is 6. The van der Waals surface area contributed by atoms with Crippen LogP contribution in [0.15, 0.2) is 36.9 Å². The van der Waals surface area contributed by atoms with Gasteiger partial charge in [-0.25, -0.2) is 9.36 Å². The Balaban J connectivity index is 1.24. The number of ether oxygens (including phenoxy) is 2. The van der Waals surface area contributed by atoms with Gasteiger partial charge in [0.05, 0.1) is 46.8 Å². The molecule has 2 fully saturated rings. The molecule has 0 bridgehead atoms. The van der Waals surface area contributed by atoms with Gasteiger partial charge in [0.2, 0.25) is 0 Å². The molecule has 4 aromatic rings. The van der Waals surface area contributed by atoms with E-state index in [2.05, 4.69) is 30.6 Å². The van der Waals surface area contributed by atoms with E-state index in [0.29, 0.717) is 36.3 Å². The van der Waals surface area contributed by atoms with Crippen LogP contribution in [0.4, 0.5) is 26.3 Å². The van der Waals surface area contributed by atoms with Gasteiger partial charge in [-0.2, -0.15) is 26.3 Å². The predicted octanol–water partition coefficient (Wildman–Crippen LogP) is 1.73. The fraction of sp³-hybridized carbons (Fsp3) is 0.500. The van der Waals surface area contributed by atoms with Gasteiger partial charge in [0.1, 0.15) is 82.4 Å². The molecule has 2 saturated heterocycles. The van der Waals surface area contributed by atoms with E-state index < -0.39 is 106 Å². The molecule has 6 heterocycles. The molecule has 10 atom stereocenters. The topological polar surface area (TPSA) is 227 Å². The van der Waals surface area contributed by atoms with Crippen molar-refractivity contribution in [2.75, 3.05) is 13.2 Å². The zero-order chi connectivity index (χ0) is 38.6. The Morgan fingerprint density at radius 3 is 1.36 bits per heavy atom. The number of aliphatic hydroxyl groups excluding tert-OH is 6. The highest BCUT2D eigenvalue weighted by molar-refractivity contribution is 8.00. The second kappa shape index (κ2) is 15.1. The average Bonchev–Trinajstić information content (AvgIpc) is 3.77. The number of thioether (sulfide) groups is 1. The summed E-state index contributed by atoms with van der Waals surface area (Å²) in [5.41, 5.74) is -5.75. The van der Waals surface area contributed by atoms with Crippen molar-refractivity contribution in [1.29, 1.82) is 0 Å². The molecule has 0 amide bonds. The van der Waals surface area contributed by atoms with Crippen LogP contribution in [0.2, 0.25) is 10.0 Å². The molecule has 0 saturated carbocycles. The lowest BCUT2D eigenvalue weighted by Crippen LogP contribution is -2.58. The van der Waals surface area contributed by atoms with E-state index >= 15 is 0 Å². The Bertz CT molecular complexity index is 1790. The van der Waals surface area contributed by atoms with Crippen molar-refractivity contribution in [3.8, 4) is 22.8 Å². The van der Waals surface area contributed by atoms with Gasteiger partial charge in [0, 0.05) is 12.4 Å².